The summed E-state index contributed by atoms with van der Waals surface area (Å²) in [7, 11) is -4.82. The van der Waals surface area contributed by atoms with Gasteiger partial charge in [-0.15, -0.1) is 0 Å². The third kappa shape index (κ3) is 4.17. The van der Waals surface area contributed by atoms with Crippen LogP contribution in [0.5, 0.6) is 0 Å². The van der Waals surface area contributed by atoms with Gasteiger partial charge in [0.15, 0.2) is 0 Å². The fourth-order valence-electron chi connectivity index (χ4n) is 5.43. The van der Waals surface area contributed by atoms with Crippen LogP contribution >= 0.6 is 0 Å². The lowest BCUT2D eigenvalue weighted by Crippen LogP contribution is -2.41. The van der Waals surface area contributed by atoms with Crippen molar-refractivity contribution in [2.45, 2.75) is 89.2 Å². The first-order valence-electron chi connectivity index (χ1n) is 12.3. The monoisotopic (exact) mass is 496 g/mol. The lowest BCUT2D eigenvalue weighted by atomic mass is 9.76. The molecule has 0 bridgehead atoms. The third-order valence-electron chi connectivity index (χ3n) is 8.06. The minimum absolute atomic E-state index is 0.0309. The maximum atomic E-state index is 13.3. The molecule has 2 N–H and O–H groups in total. The van der Waals surface area contributed by atoms with E-state index in [0.29, 0.717) is 11.0 Å². The molecule has 1 saturated heterocycles. The molecule has 35 heavy (non-hydrogen) atoms. The molecule has 2 aromatic carbocycles. The molecule has 7 nitrogen and oxygen atoms in total. The number of benzene rings is 2. The van der Waals surface area contributed by atoms with Gasteiger partial charge in [0.05, 0.1) is 16.1 Å². The largest absolute Gasteiger partial charge is 0.495 e. The molecule has 1 fully saturated rings. The van der Waals surface area contributed by atoms with Crippen molar-refractivity contribution in [3.05, 3.63) is 52.1 Å². The van der Waals surface area contributed by atoms with E-state index in [-0.39, 0.29) is 4.90 Å². The fourth-order valence-corrected chi connectivity index (χ4v) is 6.61. The summed E-state index contributed by atoms with van der Waals surface area (Å²) in [5, 5.41) is 2.90. The van der Waals surface area contributed by atoms with Gasteiger partial charge in [0.2, 0.25) is 0 Å². The van der Waals surface area contributed by atoms with Gasteiger partial charge < -0.3 is 14.6 Å². The highest BCUT2D eigenvalue weighted by molar-refractivity contribution is 7.90. The summed E-state index contributed by atoms with van der Waals surface area (Å²) in [6, 6.07) is 6.48. The Morgan fingerprint density at radius 1 is 0.943 bits per heavy atom. The van der Waals surface area contributed by atoms with Crippen LogP contribution in [0.15, 0.2) is 29.2 Å². The first kappa shape index (κ1) is 24.3. The Balaban J connectivity index is 1.39. The van der Waals surface area contributed by atoms with Crippen LogP contribution in [-0.2, 0) is 45.0 Å². The Labute approximate surface area is 208 Å². The predicted molar refractivity (Wildman–Crippen MR) is 137 cm³/mol. The Hall–Kier alpha value is -2.36. The normalized spacial score (nSPS) is 20.0. The molecule has 0 radical (unpaired) electrons. The van der Waals surface area contributed by atoms with Gasteiger partial charge in [-0.05, 0) is 112 Å². The van der Waals surface area contributed by atoms with E-state index in [9.17, 15) is 13.2 Å². The van der Waals surface area contributed by atoms with Crippen LogP contribution in [0.25, 0.3) is 0 Å². The number of hydrogen-bond acceptors (Lipinski definition) is 5. The van der Waals surface area contributed by atoms with Crippen LogP contribution in [0.4, 0.5) is 10.5 Å². The number of hydrogen-bond donors (Lipinski definition) is 2. The summed E-state index contributed by atoms with van der Waals surface area (Å²) in [5.41, 5.74) is 5.68. The van der Waals surface area contributed by atoms with E-state index in [1.54, 1.807) is 19.1 Å². The molecular weight excluding hydrogens is 463 g/mol. The lowest BCUT2D eigenvalue weighted by molar-refractivity contribution is 0.00578. The van der Waals surface area contributed by atoms with Crippen molar-refractivity contribution in [2.75, 3.05) is 5.32 Å². The molecule has 2 aliphatic carbocycles. The van der Waals surface area contributed by atoms with Crippen molar-refractivity contribution in [1.29, 1.82) is 0 Å². The van der Waals surface area contributed by atoms with Crippen LogP contribution in [0.1, 0.15) is 68.4 Å². The predicted octanol–water partition coefficient (Wildman–Crippen LogP) is 3.78. The van der Waals surface area contributed by atoms with Crippen LogP contribution in [-0.4, -0.2) is 32.8 Å². The minimum atomic E-state index is -4.12. The van der Waals surface area contributed by atoms with Gasteiger partial charge in [0, 0.05) is 5.69 Å². The zero-order valence-corrected chi connectivity index (χ0v) is 21.9. The zero-order chi connectivity index (χ0) is 25.2. The summed E-state index contributed by atoms with van der Waals surface area (Å²) in [6.07, 6.45) is 5.92. The molecule has 0 saturated carbocycles. The standard InChI is InChI=1S/C26H33BN2O5S/c1-16-21(27-33-25(2,3)26(4,5)34-27)13-8-14-22(16)35(31,32)29-24(30)28-23-19-11-6-9-17(19)15-18-10-7-12-20(18)23/h8,13-15H,6-7,9-12H2,1-5H3,(H2,28,29,30). The molecule has 0 unspecified atom stereocenters. The summed E-state index contributed by atoms with van der Waals surface area (Å²) >= 11 is 0. The maximum absolute atomic E-state index is 13.3. The van der Waals surface area contributed by atoms with Gasteiger partial charge in [0.25, 0.3) is 10.0 Å². The smallest absolute Gasteiger partial charge is 0.399 e. The number of fused-ring (bicyclic) bond motifs is 2. The maximum Gasteiger partial charge on any atom is 0.495 e. The van der Waals surface area contributed by atoms with Crippen LogP contribution in [0, 0.1) is 6.92 Å². The van der Waals surface area contributed by atoms with Gasteiger partial charge in [0.1, 0.15) is 0 Å². The second-order valence-electron chi connectivity index (χ2n) is 10.9. The topological polar surface area (TPSA) is 93.7 Å². The number of rotatable bonds is 4. The van der Waals surface area contributed by atoms with Crippen LogP contribution in [0.3, 0.4) is 0 Å². The lowest BCUT2D eigenvalue weighted by Gasteiger charge is -2.32. The number of carbonyl (C=O) groups is 1. The third-order valence-corrected chi connectivity index (χ3v) is 9.54. The van der Waals surface area contributed by atoms with Crippen molar-refractivity contribution in [2.24, 2.45) is 0 Å². The Morgan fingerprint density at radius 3 is 2.09 bits per heavy atom. The van der Waals surface area contributed by atoms with Gasteiger partial charge in [-0.2, -0.15) is 0 Å². The van der Waals surface area contributed by atoms with E-state index in [1.165, 1.54) is 17.2 Å². The summed E-state index contributed by atoms with van der Waals surface area (Å²) < 4.78 is 41.1. The van der Waals surface area contributed by atoms with Gasteiger partial charge >= 0.3 is 13.1 Å². The van der Waals surface area contributed by atoms with Gasteiger partial charge in [-0.3, -0.25) is 0 Å². The number of sulfonamides is 1. The number of amides is 2. The quantitative estimate of drug-likeness (QED) is 0.629. The van der Waals surface area contributed by atoms with Crippen molar-refractivity contribution in [3.63, 3.8) is 0 Å². The van der Waals surface area contributed by atoms with E-state index in [4.69, 9.17) is 9.31 Å². The summed E-state index contributed by atoms with van der Waals surface area (Å²) in [5.74, 6) is 0. The van der Waals surface area contributed by atoms with E-state index in [2.05, 4.69) is 16.1 Å². The average molecular weight is 496 g/mol. The Kier molecular flexibility index (Phi) is 5.81. The van der Waals surface area contributed by atoms with Crippen LogP contribution in [0.2, 0.25) is 0 Å². The number of carbonyl (C=O) groups excluding carboxylic acids is 1. The Bertz CT molecular complexity index is 1270. The van der Waals surface area contributed by atoms with E-state index < -0.39 is 34.4 Å². The number of aryl methyl sites for hydroxylation is 2. The molecule has 9 heteroatoms. The SMILES string of the molecule is Cc1c(B2OC(C)(C)C(C)(C)O2)cccc1S(=O)(=O)NC(=O)Nc1c2c(cc3c1CCC3)CCC2. The molecule has 0 atom stereocenters. The molecule has 2 amide bonds. The Morgan fingerprint density at radius 2 is 1.51 bits per heavy atom. The highest BCUT2D eigenvalue weighted by atomic mass is 32.2. The van der Waals surface area contributed by atoms with Crippen molar-refractivity contribution < 1.29 is 22.5 Å². The molecule has 1 aliphatic heterocycles. The second kappa shape index (κ2) is 8.35. The van der Waals surface area contributed by atoms with Gasteiger partial charge in [-0.1, -0.05) is 18.2 Å². The number of nitrogens with one attached hydrogen (secondary N) is 2. The molecule has 5 rings (SSSR count). The zero-order valence-electron chi connectivity index (χ0n) is 21.1. The molecule has 186 valence electrons. The van der Waals surface area contributed by atoms with E-state index in [0.717, 1.165) is 55.3 Å². The molecule has 0 spiro atoms. The second-order valence-corrected chi connectivity index (χ2v) is 12.5. The van der Waals surface area contributed by atoms with Crippen LogP contribution < -0.4 is 15.5 Å². The van der Waals surface area contributed by atoms with Crippen molar-refractivity contribution in [3.8, 4) is 0 Å². The first-order valence-corrected chi connectivity index (χ1v) is 13.8. The number of urea groups is 1. The van der Waals surface area contributed by atoms with Crippen molar-refractivity contribution in [1.82, 2.24) is 4.72 Å². The average Bonchev–Trinajstić information content (AvgIpc) is 3.45. The molecule has 2 aromatic rings. The van der Waals surface area contributed by atoms with Crippen molar-refractivity contribution >= 4 is 34.3 Å². The first-order chi connectivity index (χ1) is 16.4. The molecule has 3 aliphatic rings. The van der Waals surface area contributed by atoms with E-state index in [1.807, 2.05) is 27.7 Å². The fraction of sp³-hybridized carbons (Fsp3) is 0.500. The van der Waals surface area contributed by atoms with Gasteiger partial charge in [-0.25, -0.2) is 17.9 Å². The highest BCUT2D eigenvalue weighted by Crippen LogP contribution is 2.39. The summed E-state index contributed by atoms with van der Waals surface area (Å²) in [4.78, 5) is 13.0. The van der Waals surface area contributed by atoms with E-state index >= 15 is 0 Å². The highest BCUT2D eigenvalue weighted by Gasteiger charge is 2.52. The molecular formula is C26H33BN2O5S. The minimum Gasteiger partial charge on any atom is -0.399 e. The summed E-state index contributed by atoms with van der Waals surface area (Å²) in [6.45, 7) is 9.51. The number of anilines is 1. The molecule has 1 heterocycles. The molecule has 0 aromatic heterocycles.